The van der Waals surface area contributed by atoms with Crippen molar-refractivity contribution >= 4 is 5.82 Å². The summed E-state index contributed by atoms with van der Waals surface area (Å²) in [4.78, 5) is 12.8. The van der Waals surface area contributed by atoms with Gasteiger partial charge in [0.05, 0.1) is 26.5 Å². The number of nitrogens with one attached hydrogen (secondary N) is 1. The van der Waals surface area contributed by atoms with Crippen LogP contribution < -0.4 is 14.8 Å². The monoisotopic (exact) mass is 371 g/mol. The van der Waals surface area contributed by atoms with Crippen LogP contribution in [0.4, 0.5) is 5.82 Å². The van der Waals surface area contributed by atoms with Gasteiger partial charge in [0.25, 0.3) is 0 Å². The van der Waals surface area contributed by atoms with Gasteiger partial charge in [-0.1, -0.05) is 5.16 Å². The standard InChI is InChI=1S/C18H21N5O4/c1-11(21-16-8-13(9-24-2)19-10-20-16)18-22-17(23-27-18)12-5-6-14(25-3)15(7-12)26-4/h5-8,10-11H,9H2,1-4H3,(H,19,20,21)/t11-/m1/s1. The highest BCUT2D eigenvalue weighted by molar-refractivity contribution is 5.60. The fourth-order valence-corrected chi connectivity index (χ4v) is 2.49. The Labute approximate surface area is 156 Å². The van der Waals surface area contributed by atoms with Crippen molar-refractivity contribution in [1.29, 1.82) is 0 Å². The van der Waals surface area contributed by atoms with Crippen molar-refractivity contribution in [3.63, 3.8) is 0 Å². The van der Waals surface area contributed by atoms with Gasteiger partial charge in [-0.3, -0.25) is 0 Å². The lowest BCUT2D eigenvalue weighted by Gasteiger charge is -2.10. The van der Waals surface area contributed by atoms with Crippen molar-refractivity contribution in [3.8, 4) is 22.9 Å². The van der Waals surface area contributed by atoms with E-state index in [4.69, 9.17) is 18.7 Å². The number of methoxy groups -OCH3 is 3. The van der Waals surface area contributed by atoms with Gasteiger partial charge in [0.2, 0.25) is 11.7 Å². The summed E-state index contributed by atoms with van der Waals surface area (Å²) < 4.78 is 21.0. The first-order valence-corrected chi connectivity index (χ1v) is 8.27. The van der Waals surface area contributed by atoms with Gasteiger partial charge in [-0.25, -0.2) is 9.97 Å². The summed E-state index contributed by atoms with van der Waals surface area (Å²) in [5, 5.41) is 7.27. The van der Waals surface area contributed by atoms with Gasteiger partial charge < -0.3 is 24.1 Å². The van der Waals surface area contributed by atoms with Crippen LogP contribution in [-0.4, -0.2) is 41.4 Å². The molecule has 9 nitrogen and oxygen atoms in total. The van der Waals surface area contributed by atoms with E-state index in [1.54, 1.807) is 33.5 Å². The number of hydrogen-bond donors (Lipinski definition) is 1. The highest BCUT2D eigenvalue weighted by atomic mass is 16.5. The largest absolute Gasteiger partial charge is 0.493 e. The SMILES string of the molecule is COCc1cc(N[C@H](C)c2nc(-c3ccc(OC)c(OC)c3)no2)ncn1. The van der Waals surface area contributed by atoms with Gasteiger partial charge in [0.1, 0.15) is 18.2 Å². The molecule has 0 radical (unpaired) electrons. The first kappa shape index (κ1) is 18.6. The molecule has 0 aliphatic heterocycles. The smallest absolute Gasteiger partial charge is 0.249 e. The van der Waals surface area contributed by atoms with E-state index in [2.05, 4.69) is 25.4 Å². The predicted molar refractivity (Wildman–Crippen MR) is 97.6 cm³/mol. The fourth-order valence-electron chi connectivity index (χ4n) is 2.49. The number of ether oxygens (including phenoxy) is 3. The topological polar surface area (TPSA) is 104 Å². The van der Waals surface area contributed by atoms with Crippen molar-refractivity contribution in [2.75, 3.05) is 26.6 Å². The number of aromatic nitrogens is 4. The Kier molecular flexibility index (Phi) is 5.82. The molecular formula is C18H21N5O4. The third kappa shape index (κ3) is 4.32. The second-order valence-electron chi connectivity index (χ2n) is 5.72. The van der Waals surface area contributed by atoms with Gasteiger partial charge in [-0.2, -0.15) is 4.98 Å². The minimum absolute atomic E-state index is 0.239. The average molecular weight is 371 g/mol. The molecule has 9 heteroatoms. The molecule has 3 aromatic rings. The number of anilines is 1. The minimum atomic E-state index is -0.239. The Balaban J connectivity index is 1.76. The summed E-state index contributed by atoms with van der Waals surface area (Å²) in [7, 11) is 4.78. The van der Waals surface area contributed by atoms with Crippen molar-refractivity contribution < 1.29 is 18.7 Å². The predicted octanol–water partition coefficient (Wildman–Crippen LogP) is 2.86. The molecule has 2 heterocycles. The van der Waals surface area contributed by atoms with E-state index >= 15 is 0 Å². The van der Waals surface area contributed by atoms with Crippen LogP contribution in [0.2, 0.25) is 0 Å². The first-order valence-electron chi connectivity index (χ1n) is 8.27. The van der Waals surface area contributed by atoms with Gasteiger partial charge >= 0.3 is 0 Å². The molecule has 142 valence electrons. The highest BCUT2D eigenvalue weighted by Crippen LogP contribution is 2.31. The number of nitrogens with zero attached hydrogens (tertiary/aromatic N) is 4. The lowest BCUT2D eigenvalue weighted by Crippen LogP contribution is -2.09. The molecule has 0 amide bonds. The van der Waals surface area contributed by atoms with Crippen molar-refractivity contribution in [3.05, 3.63) is 42.2 Å². The van der Waals surface area contributed by atoms with Crippen molar-refractivity contribution in [2.24, 2.45) is 0 Å². The molecule has 1 N–H and O–H groups in total. The van der Waals surface area contributed by atoms with E-state index in [0.717, 1.165) is 11.3 Å². The summed E-state index contributed by atoms with van der Waals surface area (Å²) in [6.45, 7) is 2.32. The highest BCUT2D eigenvalue weighted by Gasteiger charge is 2.17. The maximum Gasteiger partial charge on any atom is 0.249 e. The van der Waals surface area contributed by atoms with E-state index in [0.29, 0.717) is 35.6 Å². The second-order valence-corrected chi connectivity index (χ2v) is 5.72. The molecule has 0 saturated heterocycles. The van der Waals surface area contributed by atoms with Gasteiger partial charge in [0, 0.05) is 18.7 Å². The molecule has 3 rings (SSSR count). The lowest BCUT2D eigenvalue weighted by atomic mass is 10.2. The Morgan fingerprint density at radius 3 is 2.63 bits per heavy atom. The van der Waals surface area contributed by atoms with Crippen LogP contribution in [0.25, 0.3) is 11.4 Å². The zero-order chi connectivity index (χ0) is 19.2. The maximum absolute atomic E-state index is 5.40. The third-order valence-corrected chi connectivity index (χ3v) is 3.83. The van der Waals surface area contributed by atoms with Crippen molar-refractivity contribution in [2.45, 2.75) is 19.6 Å². The van der Waals surface area contributed by atoms with Crippen LogP contribution in [0.1, 0.15) is 24.6 Å². The van der Waals surface area contributed by atoms with Crippen LogP contribution in [0.15, 0.2) is 35.1 Å². The van der Waals surface area contributed by atoms with Gasteiger partial charge in [0.15, 0.2) is 11.5 Å². The molecule has 0 saturated carbocycles. The van der Waals surface area contributed by atoms with E-state index in [1.807, 2.05) is 19.1 Å². The zero-order valence-electron chi connectivity index (χ0n) is 15.6. The van der Waals surface area contributed by atoms with Crippen LogP contribution in [-0.2, 0) is 11.3 Å². The fraction of sp³-hybridized carbons (Fsp3) is 0.333. The normalized spacial score (nSPS) is 11.9. The molecule has 27 heavy (non-hydrogen) atoms. The van der Waals surface area contributed by atoms with Gasteiger partial charge in [-0.05, 0) is 25.1 Å². The summed E-state index contributed by atoms with van der Waals surface area (Å²) in [5.41, 5.74) is 1.54. The summed E-state index contributed by atoms with van der Waals surface area (Å²) in [5.74, 6) is 2.78. The molecule has 0 fully saturated rings. The zero-order valence-corrected chi connectivity index (χ0v) is 15.6. The summed E-state index contributed by atoms with van der Waals surface area (Å²) in [6.07, 6.45) is 1.48. The van der Waals surface area contributed by atoms with Crippen LogP contribution >= 0.6 is 0 Å². The van der Waals surface area contributed by atoms with E-state index in [1.165, 1.54) is 6.33 Å². The average Bonchev–Trinajstić information content (AvgIpc) is 3.18. The number of hydrogen-bond acceptors (Lipinski definition) is 9. The lowest BCUT2D eigenvalue weighted by molar-refractivity contribution is 0.181. The molecule has 0 bridgehead atoms. The molecule has 0 spiro atoms. The van der Waals surface area contributed by atoms with E-state index in [-0.39, 0.29) is 6.04 Å². The number of benzene rings is 1. The molecule has 0 unspecified atom stereocenters. The van der Waals surface area contributed by atoms with E-state index < -0.39 is 0 Å². The molecule has 1 atom stereocenters. The molecular weight excluding hydrogens is 350 g/mol. The summed E-state index contributed by atoms with van der Waals surface area (Å²) in [6, 6.07) is 7.01. The quantitative estimate of drug-likeness (QED) is 0.640. The second kappa shape index (κ2) is 8.45. The molecule has 0 aliphatic rings. The minimum Gasteiger partial charge on any atom is -0.493 e. The molecule has 0 aliphatic carbocycles. The van der Waals surface area contributed by atoms with Crippen molar-refractivity contribution in [1.82, 2.24) is 20.1 Å². The number of rotatable bonds is 8. The van der Waals surface area contributed by atoms with Crippen LogP contribution in [0, 0.1) is 0 Å². The summed E-state index contributed by atoms with van der Waals surface area (Å²) >= 11 is 0. The third-order valence-electron chi connectivity index (χ3n) is 3.83. The Hall–Kier alpha value is -3.20. The first-order chi connectivity index (χ1) is 13.1. The van der Waals surface area contributed by atoms with E-state index in [9.17, 15) is 0 Å². The Morgan fingerprint density at radius 1 is 1.07 bits per heavy atom. The van der Waals surface area contributed by atoms with Crippen LogP contribution in [0.3, 0.4) is 0 Å². The maximum atomic E-state index is 5.40. The Bertz CT molecular complexity index is 899. The van der Waals surface area contributed by atoms with Crippen LogP contribution in [0.5, 0.6) is 11.5 Å². The van der Waals surface area contributed by atoms with Gasteiger partial charge in [-0.15, -0.1) is 0 Å². The Morgan fingerprint density at radius 2 is 1.89 bits per heavy atom. The molecule has 1 aromatic carbocycles. The molecule has 2 aromatic heterocycles.